The average molecular weight is 1090 g/mol. The van der Waals surface area contributed by atoms with Crippen LogP contribution in [0.5, 0.6) is 0 Å². The second kappa shape index (κ2) is 66.4. The largest absolute Gasteiger partial charge is 0.462 e. The van der Waals surface area contributed by atoms with Gasteiger partial charge in [-0.3, -0.25) is 14.4 Å². The highest BCUT2D eigenvalue weighted by atomic mass is 16.6. The van der Waals surface area contributed by atoms with Gasteiger partial charge < -0.3 is 14.2 Å². The highest BCUT2D eigenvalue weighted by Crippen LogP contribution is 2.18. The van der Waals surface area contributed by atoms with Gasteiger partial charge in [-0.15, -0.1) is 0 Å². The van der Waals surface area contributed by atoms with Gasteiger partial charge in [-0.05, 0) is 77.0 Å². The smallest absolute Gasteiger partial charge is 0.306 e. The number of esters is 3. The molecule has 0 aliphatic heterocycles. The van der Waals surface area contributed by atoms with Crippen molar-refractivity contribution in [1.82, 2.24) is 0 Å². The molecule has 0 radical (unpaired) electrons. The molecule has 0 bridgehead atoms. The molecule has 0 fully saturated rings. The minimum Gasteiger partial charge on any atom is -0.462 e. The Bertz CT molecular complexity index is 1440. The number of hydrogen-bond donors (Lipinski definition) is 0. The van der Waals surface area contributed by atoms with E-state index in [2.05, 4.69) is 87.6 Å². The van der Waals surface area contributed by atoms with Crippen LogP contribution < -0.4 is 0 Å². The maximum atomic E-state index is 12.9. The number of ether oxygens (including phenoxy) is 3. The fraction of sp³-hybridized carbons (Fsp3) is 0.792. The average Bonchev–Trinajstić information content (AvgIpc) is 3.44. The molecule has 0 rings (SSSR count). The topological polar surface area (TPSA) is 78.9 Å². The monoisotopic (exact) mass is 1090 g/mol. The molecular formula is C72H128O6. The van der Waals surface area contributed by atoms with Gasteiger partial charge in [0, 0.05) is 19.3 Å². The van der Waals surface area contributed by atoms with E-state index >= 15 is 0 Å². The van der Waals surface area contributed by atoms with Crippen LogP contribution in [-0.4, -0.2) is 37.2 Å². The summed E-state index contributed by atoms with van der Waals surface area (Å²) in [5, 5.41) is 0. The summed E-state index contributed by atoms with van der Waals surface area (Å²) in [6.07, 6.45) is 86.7. The molecule has 1 atom stereocenters. The van der Waals surface area contributed by atoms with Gasteiger partial charge in [0.05, 0.1) is 0 Å². The zero-order chi connectivity index (χ0) is 56.4. The Balaban J connectivity index is 4.20. The molecule has 0 aliphatic carbocycles. The molecule has 0 aromatic carbocycles. The van der Waals surface area contributed by atoms with E-state index in [1.165, 1.54) is 225 Å². The van der Waals surface area contributed by atoms with Crippen LogP contribution in [0.1, 0.15) is 348 Å². The first-order valence-corrected chi connectivity index (χ1v) is 33.9. The first-order valence-electron chi connectivity index (χ1n) is 33.9. The van der Waals surface area contributed by atoms with E-state index in [0.29, 0.717) is 19.3 Å². The van der Waals surface area contributed by atoms with Crippen molar-refractivity contribution < 1.29 is 28.6 Å². The van der Waals surface area contributed by atoms with E-state index < -0.39 is 6.10 Å². The van der Waals surface area contributed by atoms with E-state index in [1.807, 2.05) is 6.08 Å². The number of unbranched alkanes of at least 4 members (excludes halogenated alkanes) is 39. The molecule has 0 saturated heterocycles. The van der Waals surface area contributed by atoms with Crippen LogP contribution in [0.25, 0.3) is 0 Å². The molecule has 78 heavy (non-hydrogen) atoms. The maximum absolute atomic E-state index is 12.9. The molecule has 1 unspecified atom stereocenters. The summed E-state index contributed by atoms with van der Waals surface area (Å²) in [7, 11) is 0. The zero-order valence-electron chi connectivity index (χ0n) is 51.9. The Kier molecular flexibility index (Phi) is 63.7. The van der Waals surface area contributed by atoms with Crippen LogP contribution in [0.3, 0.4) is 0 Å². The van der Waals surface area contributed by atoms with Gasteiger partial charge in [-0.25, -0.2) is 0 Å². The van der Waals surface area contributed by atoms with E-state index in [-0.39, 0.29) is 37.5 Å². The van der Waals surface area contributed by atoms with E-state index in [0.717, 1.165) is 77.0 Å². The Morgan fingerprint density at radius 2 is 0.526 bits per heavy atom. The third-order valence-electron chi connectivity index (χ3n) is 15.0. The van der Waals surface area contributed by atoms with Gasteiger partial charge in [-0.2, -0.15) is 0 Å². The first kappa shape index (κ1) is 74.8. The van der Waals surface area contributed by atoms with Crippen molar-refractivity contribution in [2.24, 2.45) is 0 Å². The summed E-state index contributed by atoms with van der Waals surface area (Å²) in [5.41, 5.74) is 0. The lowest BCUT2D eigenvalue weighted by Crippen LogP contribution is -2.30. The van der Waals surface area contributed by atoms with Gasteiger partial charge >= 0.3 is 17.9 Å². The standard InChI is InChI=1S/C72H128O6/c1-4-7-10-13-16-19-22-25-27-29-30-31-32-33-34-35-36-37-38-39-40-41-43-44-47-50-53-56-59-62-65-71(74)77-68-69(67-76-70(73)64-61-58-55-52-49-46-24-21-18-15-12-9-6-3)78-72(75)66-63-60-57-54-51-48-45-42-28-26-23-20-17-14-11-8-5-2/h9,12,17-18,20-21,26,28,46,49,55,58,69H,4-8,10-11,13-16,19,22-25,27,29-45,47-48,50-54,56-57,59-68H2,1-3H3/b12-9-,20-17-,21-18-,28-26-,49-46-,58-55-. The Morgan fingerprint density at radius 3 is 0.885 bits per heavy atom. The Labute approximate surface area is 484 Å². The van der Waals surface area contributed by atoms with Crippen LogP contribution in [-0.2, 0) is 28.6 Å². The number of carbonyl (C=O) groups is 3. The summed E-state index contributed by atoms with van der Waals surface area (Å²) >= 11 is 0. The van der Waals surface area contributed by atoms with Crippen molar-refractivity contribution in [2.75, 3.05) is 13.2 Å². The van der Waals surface area contributed by atoms with Crippen molar-refractivity contribution in [2.45, 2.75) is 354 Å². The van der Waals surface area contributed by atoms with Crippen molar-refractivity contribution in [3.8, 4) is 0 Å². The normalized spacial score (nSPS) is 12.5. The van der Waals surface area contributed by atoms with Crippen LogP contribution in [0.15, 0.2) is 72.9 Å². The van der Waals surface area contributed by atoms with E-state index in [9.17, 15) is 14.4 Å². The van der Waals surface area contributed by atoms with Crippen LogP contribution in [0.4, 0.5) is 0 Å². The summed E-state index contributed by atoms with van der Waals surface area (Å²) in [4.78, 5) is 38.3. The molecule has 452 valence electrons. The number of carbonyl (C=O) groups excluding carboxylic acids is 3. The lowest BCUT2D eigenvalue weighted by Gasteiger charge is -2.18. The van der Waals surface area contributed by atoms with Crippen LogP contribution in [0.2, 0.25) is 0 Å². The molecule has 6 nitrogen and oxygen atoms in total. The Hall–Kier alpha value is -3.15. The number of rotatable bonds is 62. The molecule has 0 aromatic rings. The molecule has 0 saturated carbocycles. The van der Waals surface area contributed by atoms with Crippen molar-refractivity contribution in [1.29, 1.82) is 0 Å². The summed E-state index contributed by atoms with van der Waals surface area (Å²) in [6.45, 7) is 6.47. The van der Waals surface area contributed by atoms with Gasteiger partial charge in [-0.1, -0.05) is 325 Å². The first-order chi connectivity index (χ1) is 38.5. The number of allylic oxidation sites excluding steroid dienone is 12. The van der Waals surface area contributed by atoms with Crippen LogP contribution in [0, 0.1) is 0 Å². The predicted octanol–water partition coefficient (Wildman–Crippen LogP) is 23.3. The third-order valence-corrected chi connectivity index (χ3v) is 15.0. The van der Waals surface area contributed by atoms with Crippen LogP contribution >= 0.6 is 0 Å². The second-order valence-electron chi connectivity index (χ2n) is 22.7. The molecule has 0 N–H and O–H groups in total. The van der Waals surface area contributed by atoms with Crippen molar-refractivity contribution in [3.05, 3.63) is 72.9 Å². The van der Waals surface area contributed by atoms with Gasteiger partial charge in [0.1, 0.15) is 13.2 Å². The minimum atomic E-state index is -0.808. The van der Waals surface area contributed by atoms with Gasteiger partial charge in [0.2, 0.25) is 0 Å². The molecule has 0 aliphatic rings. The molecule has 6 heteroatoms. The molecule has 0 aromatic heterocycles. The SMILES string of the molecule is CC/C=C\C/C=C\C/C=C\C/C=C\CCC(=O)OCC(COC(=O)CCCCCCCCCCCCCCCCCCCCCCCCCCCCCCCC)OC(=O)CCCCCCCCC/C=C\C/C=C\CCCCC. The fourth-order valence-corrected chi connectivity index (χ4v) is 9.90. The van der Waals surface area contributed by atoms with Crippen molar-refractivity contribution >= 4 is 17.9 Å². The van der Waals surface area contributed by atoms with E-state index in [1.54, 1.807) is 0 Å². The van der Waals surface area contributed by atoms with Gasteiger partial charge in [0.25, 0.3) is 0 Å². The van der Waals surface area contributed by atoms with Crippen molar-refractivity contribution in [3.63, 3.8) is 0 Å². The summed E-state index contributed by atoms with van der Waals surface area (Å²) < 4.78 is 16.9. The molecule has 0 amide bonds. The summed E-state index contributed by atoms with van der Waals surface area (Å²) in [5.74, 6) is -0.976. The minimum absolute atomic E-state index is 0.0980. The van der Waals surface area contributed by atoms with E-state index in [4.69, 9.17) is 14.2 Å². The highest BCUT2D eigenvalue weighted by Gasteiger charge is 2.19. The fourth-order valence-electron chi connectivity index (χ4n) is 9.90. The predicted molar refractivity (Wildman–Crippen MR) is 339 cm³/mol. The molecule has 0 heterocycles. The zero-order valence-corrected chi connectivity index (χ0v) is 51.9. The third kappa shape index (κ3) is 63.7. The molecular weight excluding hydrogens is 961 g/mol. The lowest BCUT2D eigenvalue weighted by molar-refractivity contribution is -0.166. The summed E-state index contributed by atoms with van der Waals surface area (Å²) in [6, 6.07) is 0. The number of hydrogen-bond acceptors (Lipinski definition) is 6. The maximum Gasteiger partial charge on any atom is 0.306 e. The Morgan fingerprint density at radius 1 is 0.269 bits per heavy atom. The molecule has 0 spiro atoms. The van der Waals surface area contributed by atoms with Gasteiger partial charge in [0.15, 0.2) is 6.10 Å². The quantitative estimate of drug-likeness (QED) is 0.0261. The second-order valence-corrected chi connectivity index (χ2v) is 22.7. The lowest BCUT2D eigenvalue weighted by atomic mass is 10.0. The highest BCUT2D eigenvalue weighted by molar-refractivity contribution is 5.71.